The fourth-order valence-electron chi connectivity index (χ4n) is 0. The van der Waals surface area contributed by atoms with Crippen LogP contribution in [0.1, 0.15) is 0 Å². The maximum Gasteiger partial charge on any atom is 4.00 e. The van der Waals surface area contributed by atoms with Crippen molar-refractivity contribution < 1.29 is 10.2 Å². The van der Waals surface area contributed by atoms with E-state index < -0.39 is 8.77 Å². The number of rotatable bonds is 0. The molecule has 0 aliphatic carbocycles. The second-order valence-electron chi connectivity index (χ2n) is 0.500. The predicted molar refractivity (Wildman–Crippen MR) is 43.2 cm³/mol. The summed E-state index contributed by atoms with van der Waals surface area (Å²) in [6.45, 7) is 0. The van der Waals surface area contributed by atoms with Crippen LogP contribution in [-0.2, 0) is 25.3 Å². The predicted octanol–water partition coefficient (Wildman–Crippen LogP) is -1.56. The zero-order valence-corrected chi connectivity index (χ0v) is 7.22. The Hall–Kier alpha value is 0.220. The maximum absolute atomic E-state index is 9.07. The molecule has 0 rings (SSSR count). The van der Waals surface area contributed by atoms with E-state index in [0.717, 1.165) is 0 Å². The molecule has 0 aromatic carbocycles. The quantitative estimate of drug-likeness (QED) is 0.345. The third kappa shape index (κ3) is 6570. The van der Waals surface area contributed by atoms with E-state index in [2.05, 4.69) is 49.7 Å². The molecule has 0 fully saturated rings. The van der Waals surface area contributed by atoms with Gasteiger partial charge in [-0.2, -0.15) is 0 Å². The Balaban J connectivity index is -0.0000000720. The van der Waals surface area contributed by atoms with Gasteiger partial charge < -0.3 is 59.9 Å². The first-order chi connectivity index (χ1) is 3.46. The van der Waals surface area contributed by atoms with E-state index in [1.54, 1.807) is 0 Å². The van der Waals surface area contributed by atoms with Crippen molar-refractivity contribution in [2.75, 3.05) is 0 Å². The standard InChI is InChI=1S/2CH2OS2.C/c2*2-1(3)4;/h2*(H2,2,3,4);/q;;+4/p-4. The van der Waals surface area contributed by atoms with Gasteiger partial charge in [0.25, 0.3) is 0 Å². The van der Waals surface area contributed by atoms with Crippen LogP contribution < -0.4 is 10.2 Å². The van der Waals surface area contributed by atoms with Gasteiger partial charge in [-0.25, -0.2) is 8.77 Å². The van der Waals surface area contributed by atoms with Gasteiger partial charge in [0, 0.05) is 0 Å². The fourth-order valence-corrected chi connectivity index (χ4v) is 0. The molecule has 2 nitrogen and oxygen atoms in total. The first-order valence-corrected chi connectivity index (χ1v) is 2.86. The average molecular weight is 196 g/mol. The minimum Gasteiger partial charge on any atom is -0.887 e. The number of hydrogen-bond donors (Lipinski definition) is 0. The Morgan fingerprint density at radius 3 is 1.00 bits per heavy atom. The van der Waals surface area contributed by atoms with Gasteiger partial charge in [-0.05, 0) is 0 Å². The van der Waals surface area contributed by atoms with Gasteiger partial charge in [0.2, 0.25) is 0 Å². The molecular weight excluding hydrogens is 196 g/mol. The van der Waals surface area contributed by atoms with E-state index in [1.807, 2.05) is 0 Å². The summed E-state index contributed by atoms with van der Waals surface area (Å²) < 4.78 is -1.33. The number of hydrogen-bond acceptors (Lipinski definition) is 6. The fraction of sp³-hybridized carbons (Fsp3) is 0. The molecule has 0 heterocycles. The monoisotopic (exact) mass is 196 g/mol. The molecule has 0 aromatic rings. The Morgan fingerprint density at radius 1 is 1.00 bits per heavy atom. The molecule has 0 radical (unpaired) electrons. The van der Waals surface area contributed by atoms with E-state index >= 15 is 0 Å². The molecule has 0 saturated carbocycles. The van der Waals surface area contributed by atoms with Gasteiger partial charge in [0.05, 0.1) is 0 Å². The second kappa shape index (κ2) is 11.1. The molecule has 0 atom stereocenters. The van der Waals surface area contributed by atoms with Crippen LogP contribution >= 0.6 is 24.4 Å². The molecule has 0 aliphatic heterocycles. The molecule has 9 heavy (non-hydrogen) atoms. The van der Waals surface area contributed by atoms with Gasteiger partial charge >= 0.3 is 7.43 Å². The summed E-state index contributed by atoms with van der Waals surface area (Å²) in [5, 5.41) is 18.1. The first kappa shape index (κ1) is 16.1. The molecule has 0 unspecified atom stereocenters. The van der Waals surface area contributed by atoms with E-state index in [0.29, 0.717) is 0 Å². The van der Waals surface area contributed by atoms with Crippen molar-refractivity contribution in [3.63, 3.8) is 0 Å². The van der Waals surface area contributed by atoms with Crippen molar-refractivity contribution in [2.24, 2.45) is 0 Å². The Kier molecular flexibility index (Phi) is 19.8. The topological polar surface area (TPSA) is 46.1 Å². The van der Waals surface area contributed by atoms with Crippen LogP contribution in [0.4, 0.5) is 0 Å². The van der Waals surface area contributed by atoms with E-state index in [9.17, 15) is 0 Å². The molecule has 0 bridgehead atoms. The summed E-state index contributed by atoms with van der Waals surface area (Å²) in [6.07, 6.45) is 0. The van der Waals surface area contributed by atoms with Gasteiger partial charge in [-0.15, -0.1) is 0 Å². The molecule has 0 N–H and O–H groups in total. The first-order valence-electron chi connectivity index (χ1n) is 1.22. The van der Waals surface area contributed by atoms with Gasteiger partial charge in [0.15, 0.2) is 0 Å². The minimum atomic E-state index is -0.667. The Labute approximate surface area is 76.1 Å². The van der Waals surface area contributed by atoms with Crippen LogP contribution in [0.2, 0.25) is 0 Å². The van der Waals surface area contributed by atoms with Crippen LogP contribution in [0.5, 0.6) is 0 Å². The maximum atomic E-state index is 9.07. The van der Waals surface area contributed by atoms with Crippen LogP contribution in [0.25, 0.3) is 0 Å². The van der Waals surface area contributed by atoms with Crippen LogP contribution in [0.3, 0.4) is 0 Å². The average Bonchev–Trinajstić information content (AvgIpc) is 1.25. The normalized spacial score (nSPS) is 5.33. The SMILES string of the molecule is [C+4].[O-]C(=S)[S-].[O-]C(=S)[S-]. The Bertz CT molecular complexity index is 71.8. The molecule has 0 aromatic heterocycles. The van der Waals surface area contributed by atoms with Crippen molar-refractivity contribution in [3.8, 4) is 0 Å². The summed E-state index contributed by atoms with van der Waals surface area (Å²) >= 11 is 15.2. The van der Waals surface area contributed by atoms with E-state index in [4.69, 9.17) is 10.2 Å². The van der Waals surface area contributed by atoms with Crippen molar-refractivity contribution in [1.29, 1.82) is 0 Å². The van der Waals surface area contributed by atoms with Gasteiger partial charge in [-0.3, -0.25) is 0 Å². The van der Waals surface area contributed by atoms with E-state index in [1.165, 1.54) is 0 Å². The Morgan fingerprint density at radius 2 is 1.00 bits per heavy atom. The van der Waals surface area contributed by atoms with Crippen LogP contribution in [0, 0.1) is 7.43 Å². The molecule has 0 spiro atoms. The largest absolute Gasteiger partial charge is 4.00 e. The summed E-state index contributed by atoms with van der Waals surface area (Å²) in [5.74, 6) is 0. The van der Waals surface area contributed by atoms with Crippen LogP contribution in [0.15, 0.2) is 0 Å². The molecule has 6 heteroatoms. The summed E-state index contributed by atoms with van der Waals surface area (Å²) in [7, 11) is 0. The third-order valence-electron chi connectivity index (χ3n) is 0. The smallest absolute Gasteiger partial charge is 0.887 e. The van der Waals surface area contributed by atoms with Crippen molar-refractivity contribution >= 4 is 58.5 Å². The molecule has 0 amide bonds. The van der Waals surface area contributed by atoms with Crippen molar-refractivity contribution in [1.82, 2.24) is 0 Å². The molecule has 48 valence electrons. The summed E-state index contributed by atoms with van der Waals surface area (Å²) in [6, 6.07) is 0. The molecule has 0 aliphatic rings. The molecular formula is C3O2S4. The minimum absolute atomic E-state index is 0. The zero-order valence-electron chi connectivity index (χ0n) is 3.95. The zero-order chi connectivity index (χ0) is 7.15. The summed E-state index contributed by atoms with van der Waals surface area (Å²) in [5.41, 5.74) is 0. The second-order valence-corrected chi connectivity index (χ2v) is 2.50. The van der Waals surface area contributed by atoms with Gasteiger partial charge in [0.1, 0.15) is 0 Å². The van der Waals surface area contributed by atoms with E-state index in [-0.39, 0.29) is 7.43 Å². The molecule has 0 saturated heterocycles. The van der Waals surface area contributed by atoms with Crippen molar-refractivity contribution in [2.45, 2.75) is 0 Å². The van der Waals surface area contributed by atoms with Gasteiger partial charge in [-0.1, -0.05) is 0 Å². The third-order valence-corrected chi connectivity index (χ3v) is 0. The number of thiocarbonyl (C=S) groups is 2. The summed E-state index contributed by atoms with van der Waals surface area (Å²) in [4.78, 5) is 0. The van der Waals surface area contributed by atoms with Crippen molar-refractivity contribution in [3.05, 3.63) is 7.43 Å². The van der Waals surface area contributed by atoms with Crippen LogP contribution in [-0.4, -0.2) is 8.77 Å².